The fraction of sp³-hybridized carbons (Fsp3) is 1.00. The van der Waals surface area contributed by atoms with Crippen LogP contribution >= 0.6 is 10.7 Å². The van der Waals surface area contributed by atoms with Gasteiger partial charge < -0.3 is 0 Å². The lowest BCUT2D eigenvalue weighted by Crippen LogP contribution is -2.44. The first kappa shape index (κ1) is 9.74. The summed E-state index contributed by atoms with van der Waals surface area (Å²) in [4.78, 5) is 0. The third-order valence-corrected chi connectivity index (χ3v) is 4.77. The van der Waals surface area contributed by atoms with Crippen LogP contribution in [0, 0.1) is 5.92 Å². The molecule has 1 saturated heterocycles. The SMILES string of the molecule is O=S(=O)(Cl)N1CCCC2CCCC21. The monoisotopic (exact) mass is 223 g/mol. The number of rotatable bonds is 1. The molecule has 76 valence electrons. The van der Waals surface area contributed by atoms with Crippen molar-refractivity contribution in [3.63, 3.8) is 0 Å². The zero-order valence-electron chi connectivity index (χ0n) is 7.45. The van der Waals surface area contributed by atoms with E-state index in [1.807, 2.05) is 0 Å². The van der Waals surface area contributed by atoms with Gasteiger partial charge in [-0.3, -0.25) is 0 Å². The van der Waals surface area contributed by atoms with Gasteiger partial charge in [0.05, 0.1) is 0 Å². The lowest BCUT2D eigenvalue weighted by molar-refractivity contribution is 0.205. The Hall–Kier alpha value is 0.200. The largest absolute Gasteiger partial charge is 0.300 e. The molecule has 2 atom stereocenters. The minimum atomic E-state index is -3.47. The molecular weight excluding hydrogens is 210 g/mol. The van der Waals surface area contributed by atoms with E-state index >= 15 is 0 Å². The van der Waals surface area contributed by atoms with Crippen LogP contribution in [0.15, 0.2) is 0 Å². The predicted octanol–water partition coefficient (Wildman–Crippen LogP) is 1.73. The molecule has 13 heavy (non-hydrogen) atoms. The Morgan fingerprint density at radius 2 is 1.85 bits per heavy atom. The average molecular weight is 224 g/mol. The van der Waals surface area contributed by atoms with E-state index in [-0.39, 0.29) is 6.04 Å². The van der Waals surface area contributed by atoms with Gasteiger partial charge in [0.2, 0.25) is 0 Å². The maximum absolute atomic E-state index is 11.2. The van der Waals surface area contributed by atoms with E-state index in [1.54, 1.807) is 0 Å². The predicted molar refractivity (Wildman–Crippen MR) is 51.8 cm³/mol. The number of nitrogens with zero attached hydrogens (tertiary/aromatic N) is 1. The number of fused-ring (bicyclic) bond motifs is 1. The van der Waals surface area contributed by atoms with Crippen LogP contribution < -0.4 is 0 Å². The van der Waals surface area contributed by atoms with Gasteiger partial charge in [-0.1, -0.05) is 6.42 Å². The highest BCUT2D eigenvalue weighted by Crippen LogP contribution is 2.38. The first-order valence-electron chi connectivity index (χ1n) is 4.80. The van der Waals surface area contributed by atoms with E-state index in [4.69, 9.17) is 10.7 Å². The Morgan fingerprint density at radius 1 is 1.15 bits per heavy atom. The van der Waals surface area contributed by atoms with Gasteiger partial charge in [0.15, 0.2) is 0 Å². The van der Waals surface area contributed by atoms with Crippen molar-refractivity contribution >= 4 is 19.9 Å². The van der Waals surface area contributed by atoms with Crippen molar-refractivity contribution in [3.8, 4) is 0 Å². The van der Waals surface area contributed by atoms with Gasteiger partial charge in [-0.05, 0) is 31.6 Å². The maximum Gasteiger partial charge on any atom is 0.300 e. The molecule has 0 aromatic heterocycles. The minimum absolute atomic E-state index is 0.205. The second-order valence-electron chi connectivity index (χ2n) is 3.95. The van der Waals surface area contributed by atoms with E-state index in [2.05, 4.69) is 0 Å². The standard InChI is InChI=1S/C8H14ClNO2S/c9-13(11,12)10-6-2-4-7-3-1-5-8(7)10/h7-8H,1-6H2. The highest BCUT2D eigenvalue weighted by Gasteiger charge is 2.39. The van der Waals surface area contributed by atoms with Crippen LogP contribution in [0.1, 0.15) is 32.1 Å². The van der Waals surface area contributed by atoms with Crippen molar-refractivity contribution in [1.82, 2.24) is 4.31 Å². The number of hydrogen-bond donors (Lipinski definition) is 0. The van der Waals surface area contributed by atoms with Crippen molar-refractivity contribution < 1.29 is 8.42 Å². The fourth-order valence-electron chi connectivity index (χ4n) is 2.68. The second-order valence-corrected chi connectivity index (χ2v) is 6.42. The second kappa shape index (κ2) is 3.41. The van der Waals surface area contributed by atoms with Gasteiger partial charge in [-0.15, -0.1) is 0 Å². The molecule has 0 aromatic carbocycles. The summed E-state index contributed by atoms with van der Waals surface area (Å²) in [6, 6.07) is 0.205. The van der Waals surface area contributed by atoms with Gasteiger partial charge in [0.25, 0.3) is 9.24 Å². The zero-order valence-corrected chi connectivity index (χ0v) is 9.02. The van der Waals surface area contributed by atoms with Gasteiger partial charge in [0, 0.05) is 23.3 Å². The van der Waals surface area contributed by atoms with E-state index in [0.717, 1.165) is 19.3 Å². The Balaban J connectivity index is 2.19. The highest BCUT2D eigenvalue weighted by atomic mass is 35.7. The van der Waals surface area contributed by atoms with Gasteiger partial charge in [-0.2, -0.15) is 12.7 Å². The molecule has 1 saturated carbocycles. The van der Waals surface area contributed by atoms with E-state index in [9.17, 15) is 8.42 Å². The van der Waals surface area contributed by atoms with E-state index in [0.29, 0.717) is 12.5 Å². The summed E-state index contributed by atoms with van der Waals surface area (Å²) in [6.45, 7) is 0.618. The maximum atomic E-state index is 11.2. The molecule has 2 fully saturated rings. The van der Waals surface area contributed by atoms with Crippen molar-refractivity contribution in [2.24, 2.45) is 5.92 Å². The Morgan fingerprint density at radius 3 is 2.54 bits per heavy atom. The summed E-state index contributed by atoms with van der Waals surface area (Å²) in [6.07, 6.45) is 5.46. The summed E-state index contributed by atoms with van der Waals surface area (Å²) in [5.41, 5.74) is 0. The van der Waals surface area contributed by atoms with Crippen LogP contribution in [-0.4, -0.2) is 25.3 Å². The molecule has 1 aliphatic carbocycles. The average Bonchev–Trinajstić information content (AvgIpc) is 2.48. The van der Waals surface area contributed by atoms with Crippen molar-refractivity contribution in [1.29, 1.82) is 0 Å². The van der Waals surface area contributed by atoms with Crippen LogP contribution in [0.2, 0.25) is 0 Å². The number of hydrogen-bond acceptors (Lipinski definition) is 2. The molecule has 0 amide bonds. The quantitative estimate of drug-likeness (QED) is 0.635. The zero-order chi connectivity index (χ0) is 9.47. The smallest absolute Gasteiger partial charge is 0.195 e. The lowest BCUT2D eigenvalue weighted by atomic mass is 9.94. The molecule has 1 heterocycles. The van der Waals surface area contributed by atoms with Crippen molar-refractivity contribution in [2.45, 2.75) is 38.1 Å². The third-order valence-electron chi connectivity index (χ3n) is 3.22. The van der Waals surface area contributed by atoms with Crippen LogP contribution in [0.3, 0.4) is 0 Å². The molecule has 3 nitrogen and oxygen atoms in total. The molecule has 1 aliphatic heterocycles. The van der Waals surface area contributed by atoms with Crippen LogP contribution in [0.4, 0.5) is 0 Å². The molecular formula is C8H14ClNO2S. The molecule has 2 rings (SSSR count). The molecule has 2 aliphatic rings. The molecule has 0 radical (unpaired) electrons. The highest BCUT2D eigenvalue weighted by molar-refractivity contribution is 8.11. The molecule has 0 N–H and O–H groups in total. The molecule has 0 spiro atoms. The van der Waals surface area contributed by atoms with Crippen molar-refractivity contribution in [2.75, 3.05) is 6.54 Å². The van der Waals surface area contributed by atoms with Gasteiger partial charge in [-0.25, -0.2) is 0 Å². The normalized spacial score (nSPS) is 36.1. The van der Waals surface area contributed by atoms with Gasteiger partial charge >= 0.3 is 0 Å². The van der Waals surface area contributed by atoms with E-state index < -0.39 is 9.24 Å². The van der Waals surface area contributed by atoms with Gasteiger partial charge in [0.1, 0.15) is 0 Å². The van der Waals surface area contributed by atoms with Crippen molar-refractivity contribution in [3.05, 3.63) is 0 Å². The molecule has 5 heteroatoms. The number of piperidine rings is 1. The number of halogens is 1. The summed E-state index contributed by atoms with van der Waals surface area (Å²) < 4.78 is 23.9. The molecule has 0 aromatic rings. The Kier molecular flexibility index (Phi) is 2.55. The van der Waals surface area contributed by atoms with Crippen LogP contribution in [0.5, 0.6) is 0 Å². The van der Waals surface area contributed by atoms with E-state index in [1.165, 1.54) is 17.1 Å². The minimum Gasteiger partial charge on any atom is -0.195 e. The lowest BCUT2D eigenvalue weighted by Gasteiger charge is -2.34. The summed E-state index contributed by atoms with van der Waals surface area (Å²) in [5.74, 6) is 0.572. The molecule has 0 bridgehead atoms. The fourth-order valence-corrected chi connectivity index (χ4v) is 4.14. The topological polar surface area (TPSA) is 37.4 Å². The Bertz CT molecular complexity index is 291. The molecule has 2 unspecified atom stereocenters. The Labute approximate surface area is 83.6 Å². The summed E-state index contributed by atoms with van der Waals surface area (Å²) >= 11 is 0. The first-order valence-corrected chi connectivity index (χ1v) is 7.07. The van der Waals surface area contributed by atoms with Crippen LogP contribution in [-0.2, 0) is 9.24 Å². The third kappa shape index (κ3) is 1.85. The first-order chi connectivity index (χ1) is 6.09. The summed E-state index contributed by atoms with van der Waals surface area (Å²) in [5, 5.41) is 0. The summed E-state index contributed by atoms with van der Waals surface area (Å²) in [7, 11) is 1.90. The van der Waals surface area contributed by atoms with Crippen LogP contribution in [0.25, 0.3) is 0 Å².